The van der Waals surface area contributed by atoms with Crippen LogP contribution in [0.4, 0.5) is 11.4 Å². The van der Waals surface area contributed by atoms with Gasteiger partial charge in [0.25, 0.3) is 11.6 Å². The van der Waals surface area contributed by atoms with Crippen molar-refractivity contribution in [3.63, 3.8) is 0 Å². The average molecular weight is 422 g/mol. The number of non-ortho nitro benzene ring substituents is 1. The molecule has 0 aliphatic rings. The Labute approximate surface area is 155 Å². The highest BCUT2D eigenvalue weighted by molar-refractivity contribution is 9.10. The smallest absolute Gasteiger partial charge is 0.276 e. The van der Waals surface area contributed by atoms with E-state index in [-0.39, 0.29) is 11.4 Å². The Balaban J connectivity index is 1.82. The van der Waals surface area contributed by atoms with Gasteiger partial charge in [0.2, 0.25) is 0 Å². The van der Waals surface area contributed by atoms with E-state index in [4.69, 9.17) is 11.6 Å². The molecule has 1 heterocycles. The summed E-state index contributed by atoms with van der Waals surface area (Å²) in [6, 6.07) is 12.6. The van der Waals surface area contributed by atoms with Gasteiger partial charge in [-0.25, -0.2) is 4.68 Å². The molecule has 126 valence electrons. The van der Waals surface area contributed by atoms with Gasteiger partial charge in [0.15, 0.2) is 5.69 Å². The Morgan fingerprint density at radius 2 is 2.04 bits per heavy atom. The predicted molar refractivity (Wildman–Crippen MR) is 97.3 cm³/mol. The number of hydrogen-bond acceptors (Lipinski definition) is 4. The Hall–Kier alpha value is -2.71. The molecule has 0 fully saturated rings. The molecule has 0 atom stereocenters. The number of hydrogen-bond donors (Lipinski definition) is 1. The van der Waals surface area contributed by atoms with E-state index < -0.39 is 10.8 Å². The van der Waals surface area contributed by atoms with Crippen molar-refractivity contribution in [1.29, 1.82) is 0 Å². The molecule has 1 aromatic heterocycles. The van der Waals surface area contributed by atoms with Gasteiger partial charge in [-0.1, -0.05) is 33.6 Å². The monoisotopic (exact) mass is 420 g/mol. The summed E-state index contributed by atoms with van der Waals surface area (Å²) in [5.41, 5.74) is 1.04. The van der Waals surface area contributed by atoms with Gasteiger partial charge in [-0.2, -0.15) is 5.10 Å². The Bertz CT molecular complexity index is 974. The topological polar surface area (TPSA) is 90.1 Å². The van der Waals surface area contributed by atoms with Crippen LogP contribution in [0.3, 0.4) is 0 Å². The molecule has 7 nitrogen and oxygen atoms in total. The van der Waals surface area contributed by atoms with Crippen molar-refractivity contribution in [3.05, 3.63) is 80.0 Å². The van der Waals surface area contributed by atoms with Crippen LogP contribution in [0.25, 0.3) is 5.69 Å². The maximum absolute atomic E-state index is 12.3. The number of halogens is 2. The van der Waals surface area contributed by atoms with Crippen LogP contribution in [0.1, 0.15) is 10.5 Å². The van der Waals surface area contributed by atoms with Crippen molar-refractivity contribution in [2.45, 2.75) is 0 Å². The van der Waals surface area contributed by atoms with Crippen LogP contribution in [0, 0.1) is 10.1 Å². The minimum absolute atomic E-state index is 0.0550. The molecule has 3 aromatic rings. The molecule has 1 N–H and O–H groups in total. The number of nitrogens with zero attached hydrogens (tertiary/aromatic N) is 3. The average Bonchev–Trinajstić information content (AvgIpc) is 3.07. The van der Waals surface area contributed by atoms with Crippen LogP contribution in [0.5, 0.6) is 0 Å². The third kappa shape index (κ3) is 3.86. The number of aromatic nitrogens is 2. The fourth-order valence-corrected chi connectivity index (χ4v) is 2.84. The number of nitrogens with one attached hydrogen (secondary N) is 1. The van der Waals surface area contributed by atoms with E-state index in [1.165, 1.54) is 22.9 Å². The largest absolute Gasteiger partial charge is 0.319 e. The van der Waals surface area contributed by atoms with E-state index in [1.54, 1.807) is 36.5 Å². The minimum Gasteiger partial charge on any atom is -0.319 e. The molecular weight excluding hydrogens is 412 g/mol. The zero-order chi connectivity index (χ0) is 18.0. The second kappa shape index (κ2) is 7.04. The molecular formula is C16H10BrClN4O3. The van der Waals surface area contributed by atoms with Gasteiger partial charge in [-0.3, -0.25) is 14.9 Å². The summed E-state index contributed by atoms with van der Waals surface area (Å²) in [7, 11) is 0. The van der Waals surface area contributed by atoms with E-state index in [2.05, 4.69) is 26.3 Å². The minimum atomic E-state index is -0.490. The number of carbonyl (C=O) groups excluding carboxylic acids is 1. The third-order valence-electron chi connectivity index (χ3n) is 3.31. The molecule has 25 heavy (non-hydrogen) atoms. The molecule has 1 amide bonds. The van der Waals surface area contributed by atoms with Crippen LogP contribution >= 0.6 is 27.5 Å². The van der Waals surface area contributed by atoms with Gasteiger partial charge in [0.1, 0.15) is 0 Å². The van der Waals surface area contributed by atoms with Crippen molar-refractivity contribution in [3.8, 4) is 5.69 Å². The molecule has 0 aliphatic carbocycles. The number of benzene rings is 2. The van der Waals surface area contributed by atoms with Crippen LogP contribution < -0.4 is 5.32 Å². The normalized spacial score (nSPS) is 10.5. The molecule has 9 heteroatoms. The molecule has 0 saturated heterocycles. The highest BCUT2D eigenvalue weighted by atomic mass is 79.9. The van der Waals surface area contributed by atoms with Crippen molar-refractivity contribution < 1.29 is 9.72 Å². The summed E-state index contributed by atoms with van der Waals surface area (Å²) in [6.45, 7) is 0. The van der Waals surface area contributed by atoms with Gasteiger partial charge >= 0.3 is 0 Å². The lowest BCUT2D eigenvalue weighted by atomic mass is 10.3. The summed E-state index contributed by atoms with van der Waals surface area (Å²) < 4.78 is 2.19. The van der Waals surface area contributed by atoms with Crippen molar-refractivity contribution in [2.75, 3.05) is 5.32 Å². The second-order valence-electron chi connectivity index (χ2n) is 5.00. The van der Waals surface area contributed by atoms with E-state index in [1.807, 2.05) is 0 Å². The Kier molecular flexibility index (Phi) is 4.82. The number of nitro groups is 1. The van der Waals surface area contributed by atoms with Gasteiger partial charge in [0, 0.05) is 22.8 Å². The van der Waals surface area contributed by atoms with Crippen LogP contribution in [0.2, 0.25) is 5.02 Å². The quantitative estimate of drug-likeness (QED) is 0.498. The Morgan fingerprint density at radius 3 is 2.76 bits per heavy atom. The van der Waals surface area contributed by atoms with Gasteiger partial charge in [0.05, 0.1) is 21.3 Å². The molecule has 0 spiro atoms. The van der Waals surface area contributed by atoms with Crippen molar-refractivity contribution in [1.82, 2.24) is 9.78 Å². The summed E-state index contributed by atoms with van der Waals surface area (Å²) in [5, 5.41) is 18.1. The summed E-state index contributed by atoms with van der Waals surface area (Å²) in [4.78, 5) is 22.7. The first-order valence-corrected chi connectivity index (χ1v) is 8.18. The second-order valence-corrected chi connectivity index (χ2v) is 6.32. The highest BCUT2D eigenvalue weighted by Gasteiger charge is 2.13. The van der Waals surface area contributed by atoms with Gasteiger partial charge < -0.3 is 5.32 Å². The number of carbonyl (C=O) groups is 1. The maximum Gasteiger partial charge on any atom is 0.276 e. The molecule has 2 aromatic carbocycles. The third-order valence-corrected chi connectivity index (χ3v) is 4.11. The lowest BCUT2D eigenvalue weighted by Gasteiger charge is -2.06. The standard InChI is InChI=1S/C16H10BrClN4O3/c17-10-4-5-14(13(18)8-10)19-16(23)15-6-7-21(20-15)11-2-1-3-12(9-11)22(24)25/h1-9H,(H,19,23). The van der Waals surface area contributed by atoms with Crippen LogP contribution in [-0.4, -0.2) is 20.6 Å². The van der Waals surface area contributed by atoms with E-state index in [0.717, 1.165) is 4.47 Å². The lowest BCUT2D eigenvalue weighted by Crippen LogP contribution is -2.13. The lowest BCUT2D eigenvalue weighted by molar-refractivity contribution is -0.384. The number of rotatable bonds is 4. The molecule has 0 bridgehead atoms. The summed E-state index contributed by atoms with van der Waals surface area (Å²) in [5.74, 6) is -0.437. The van der Waals surface area contributed by atoms with Crippen molar-refractivity contribution in [2.24, 2.45) is 0 Å². The SMILES string of the molecule is O=C(Nc1ccc(Br)cc1Cl)c1ccn(-c2cccc([N+](=O)[O-])c2)n1. The maximum atomic E-state index is 12.3. The first-order chi connectivity index (χ1) is 11.9. The first kappa shape index (κ1) is 17.1. The molecule has 0 aliphatic heterocycles. The zero-order valence-electron chi connectivity index (χ0n) is 12.5. The summed E-state index contributed by atoms with van der Waals surface area (Å²) in [6.07, 6.45) is 1.55. The highest BCUT2D eigenvalue weighted by Crippen LogP contribution is 2.26. The fraction of sp³-hybridized carbons (Fsp3) is 0. The zero-order valence-corrected chi connectivity index (χ0v) is 14.9. The van der Waals surface area contributed by atoms with Crippen molar-refractivity contribution >= 4 is 44.8 Å². The molecule has 0 radical (unpaired) electrons. The van der Waals surface area contributed by atoms with E-state index in [9.17, 15) is 14.9 Å². The molecule has 3 rings (SSSR count). The summed E-state index contributed by atoms with van der Waals surface area (Å²) >= 11 is 9.37. The number of nitro benzene ring substituents is 1. The number of amides is 1. The first-order valence-electron chi connectivity index (χ1n) is 7.01. The van der Waals surface area contributed by atoms with Gasteiger partial charge in [-0.05, 0) is 30.3 Å². The Morgan fingerprint density at radius 1 is 1.24 bits per heavy atom. The molecule has 0 unspecified atom stereocenters. The predicted octanol–water partition coefficient (Wildman–Crippen LogP) is 4.45. The van der Waals surface area contributed by atoms with E-state index >= 15 is 0 Å². The van der Waals surface area contributed by atoms with Crippen LogP contribution in [-0.2, 0) is 0 Å². The molecule has 0 saturated carbocycles. The van der Waals surface area contributed by atoms with Crippen LogP contribution in [0.15, 0.2) is 59.2 Å². The number of anilines is 1. The van der Waals surface area contributed by atoms with Gasteiger partial charge in [-0.15, -0.1) is 0 Å². The van der Waals surface area contributed by atoms with E-state index in [0.29, 0.717) is 16.4 Å². The fourth-order valence-electron chi connectivity index (χ4n) is 2.12.